The fourth-order valence-electron chi connectivity index (χ4n) is 2.07. The Morgan fingerprint density at radius 2 is 2.08 bits per heavy atom. The van der Waals surface area contributed by atoms with Gasteiger partial charge in [-0.15, -0.1) is 0 Å². The van der Waals surface area contributed by atoms with Crippen molar-refractivity contribution < 1.29 is 4.79 Å². The van der Waals surface area contributed by atoms with Gasteiger partial charge in [0.1, 0.15) is 5.78 Å². The van der Waals surface area contributed by atoms with Crippen LogP contribution in [0.5, 0.6) is 0 Å². The van der Waals surface area contributed by atoms with Crippen LogP contribution in [0, 0.1) is 5.92 Å². The summed E-state index contributed by atoms with van der Waals surface area (Å²) in [4.78, 5) is 11.5. The lowest BCUT2D eigenvalue weighted by molar-refractivity contribution is -0.125. The molecule has 0 radical (unpaired) electrons. The van der Waals surface area contributed by atoms with Crippen LogP contribution in [0.15, 0.2) is 0 Å². The summed E-state index contributed by atoms with van der Waals surface area (Å²) < 4.78 is 0. The number of hydrogen-bond donors (Lipinski definition) is 1. The average Bonchev–Trinajstić information content (AvgIpc) is 2.34. The molecule has 12 heavy (non-hydrogen) atoms. The van der Waals surface area contributed by atoms with Gasteiger partial charge in [0.15, 0.2) is 0 Å². The summed E-state index contributed by atoms with van der Waals surface area (Å²) in [6, 6.07) is 0.512. The number of nitrogens with one attached hydrogen (secondary N) is 1. The third-order valence-corrected chi connectivity index (χ3v) is 3.17. The van der Waals surface area contributed by atoms with Crippen molar-refractivity contribution in [3.63, 3.8) is 0 Å². The minimum atomic E-state index is 0.437. The van der Waals surface area contributed by atoms with E-state index in [2.05, 4.69) is 5.32 Å². The van der Waals surface area contributed by atoms with Crippen molar-refractivity contribution in [1.29, 1.82) is 0 Å². The molecule has 0 aromatic carbocycles. The number of carbonyl (C=O) groups excluding carboxylic acids is 1. The van der Waals surface area contributed by atoms with Gasteiger partial charge in [0, 0.05) is 18.4 Å². The summed E-state index contributed by atoms with van der Waals surface area (Å²) >= 11 is 0. The van der Waals surface area contributed by atoms with E-state index in [0.29, 0.717) is 17.7 Å². The summed E-state index contributed by atoms with van der Waals surface area (Å²) in [6.07, 6.45) is 6.84. The second-order valence-electron chi connectivity index (χ2n) is 4.09. The van der Waals surface area contributed by atoms with Crippen LogP contribution in [0.2, 0.25) is 0 Å². The van der Waals surface area contributed by atoms with Gasteiger partial charge in [-0.25, -0.2) is 0 Å². The van der Waals surface area contributed by atoms with Gasteiger partial charge in [-0.1, -0.05) is 6.42 Å². The second-order valence-corrected chi connectivity index (χ2v) is 4.09. The number of hydrogen-bond acceptors (Lipinski definition) is 2. The van der Waals surface area contributed by atoms with E-state index in [1.807, 2.05) is 0 Å². The maximum Gasteiger partial charge on any atom is 0.137 e. The van der Waals surface area contributed by atoms with E-state index < -0.39 is 0 Å². The molecule has 2 aliphatic rings. The lowest BCUT2D eigenvalue weighted by Crippen LogP contribution is -2.30. The smallest absolute Gasteiger partial charge is 0.137 e. The maximum absolute atomic E-state index is 11.5. The molecule has 68 valence electrons. The van der Waals surface area contributed by atoms with Crippen LogP contribution in [0.1, 0.15) is 38.5 Å². The fraction of sp³-hybridized carbons (Fsp3) is 0.900. The van der Waals surface area contributed by atoms with Gasteiger partial charge in [-0.2, -0.15) is 0 Å². The van der Waals surface area contributed by atoms with E-state index in [0.717, 1.165) is 25.8 Å². The molecule has 1 aliphatic carbocycles. The highest BCUT2D eigenvalue weighted by Gasteiger charge is 2.27. The Bertz CT molecular complexity index is 169. The minimum Gasteiger partial charge on any atom is -0.314 e. The Labute approximate surface area is 73.7 Å². The largest absolute Gasteiger partial charge is 0.314 e. The molecule has 0 aromatic heterocycles. The van der Waals surface area contributed by atoms with E-state index >= 15 is 0 Å². The monoisotopic (exact) mass is 167 g/mol. The average molecular weight is 167 g/mol. The molecule has 0 amide bonds. The summed E-state index contributed by atoms with van der Waals surface area (Å²) in [7, 11) is 0. The summed E-state index contributed by atoms with van der Waals surface area (Å²) in [5.41, 5.74) is 0. The summed E-state index contributed by atoms with van der Waals surface area (Å²) in [5, 5.41) is 3.37. The molecule has 1 aliphatic heterocycles. The predicted octanol–water partition coefficient (Wildman–Crippen LogP) is 1.50. The minimum absolute atomic E-state index is 0.437. The van der Waals surface area contributed by atoms with Crippen LogP contribution in [-0.4, -0.2) is 18.4 Å². The number of carbonyl (C=O) groups is 1. The molecule has 2 nitrogen and oxygen atoms in total. The van der Waals surface area contributed by atoms with E-state index in [-0.39, 0.29) is 0 Å². The van der Waals surface area contributed by atoms with E-state index in [1.54, 1.807) is 0 Å². The maximum atomic E-state index is 11.5. The molecule has 0 bridgehead atoms. The first-order valence-electron chi connectivity index (χ1n) is 5.12. The third-order valence-electron chi connectivity index (χ3n) is 3.17. The Morgan fingerprint density at radius 1 is 1.25 bits per heavy atom. The highest BCUT2D eigenvalue weighted by molar-refractivity contribution is 5.82. The van der Waals surface area contributed by atoms with E-state index in [4.69, 9.17) is 0 Å². The Hall–Kier alpha value is -0.370. The second kappa shape index (κ2) is 3.56. The van der Waals surface area contributed by atoms with Crippen molar-refractivity contribution in [2.75, 3.05) is 6.54 Å². The van der Waals surface area contributed by atoms with Gasteiger partial charge in [-0.05, 0) is 32.2 Å². The first kappa shape index (κ1) is 8.24. The quantitative estimate of drug-likeness (QED) is 0.690. The van der Waals surface area contributed by atoms with Crippen LogP contribution in [0.3, 0.4) is 0 Å². The van der Waals surface area contributed by atoms with Crippen LogP contribution < -0.4 is 5.32 Å². The molecular formula is C10H17NO. The molecule has 2 heteroatoms. The Balaban J connectivity index is 1.73. The summed E-state index contributed by atoms with van der Waals surface area (Å²) in [6.45, 7) is 1.11. The molecule has 2 fully saturated rings. The van der Waals surface area contributed by atoms with E-state index in [1.165, 1.54) is 19.3 Å². The van der Waals surface area contributed by atoms with Crippen LogP contribution >= 0.6 is 0 Å². The van der Waals surface area contributed by atoms with Crippen LogP contribution in [-0.2, 0) is 4.79 Å². The SMILES string of the molecule is O=C(CC1CCCN1)C1CCC1. The highest BCUT2D eigenvalue weighted by atomic mass is 16.1. The molecule has 1 heterocycles. The molecule has 1 N–H and O–H groups in total. The van der Waals surface area contributed by atoms with Gasteiger partial charge in [0.25, 0.3) is 0 Å². The molecular weight excluding hydrogens is 150 g/mol. The number of rotatable bonds is 3. The van der Waals surface area contributed by atoms with Gasteiger partial charge < -0.3 is 5.32 Å². The Morgan fingerprint density at radius 3 is 2.58 bits per heavy atom. The lowest BCUT2D eigenvalue weighted by atomic mass is 9.80. The van der Waals surface area contributed by atoms with Gasteiger partial charge in [-0.3, -0.25) is 4.79 Å². The van der Waals surface area contributed by atoms with Gasteiger partial charge in [0.2, 0.25) is 0 Å². The van der Waals surface area contributed by atoms with Gasteiger partial charge in [0.05, 0.1) is 0 Å². The van der Waals surface area contributed by atoms with Crippen molar-refractivity contribution in [1.82, 2.24) is 5.32 Å². The topological polar surface area (TPSA) is 29.1 Å². The van der Waals surface area contributed by atoms with Crippen molar-refractivity contribution in [2.24, 2.45) is 5.92 Å². The summed E-state index contributed by atoms with van der Waals surface area (Å²) in [5.74, 6) is 0.952. The Kier molecular flexibility index (Phi) is 2.45. The normalized spacial score (nSPS) is 30.2. The molecule has 0 spiro atoms. The molecule has 1 atom stereocenters. The molecule has 0 aromatic rings. The fourth-order valence-corrected chi connectivity index (χ4v) is 2.07. The zero-order valence-electron chi connectivity index (χ0n) is 7.51. The van der Waals surface area contributed by atoms with Gasteiger partial charge >= 0.3 is 0 Å². The highest BCUT2D eigenvalue weighted by Crippen LogP contribution is 2.29. The van der Waals surface area contributed by atoms with E-state index in [9.17, 15) is 4.79 Å². The van der Waals surface area contributed by atoms with Crippen molar-refractivity contribution >= 4 is 5.78 Å². The molecule has 2 rings (SSSR count). The third kappa shape index (κ3) is 1.69. The molecule has 1 saturated heterocycles. The molecule has 1 unspecified atom stereocenters. The zero-order valence-corrected chi connectivity index (χ0v) is 7.51. The predicted molar refractivity (Wildman–Crippen MR) is 48.0 cm³/mol. The zero-order chi connectivity index (χ0) is 8.39. The van der Waals surface area contributed by atoms with Crippen LogP contribution in [0.25, 0.3) is 0 Å². The standard InChI is InChI=1S/C10H17NO/c12-10(8-3-1-4-8)7-9-5-2-6-11-9/h8-9,11H,1-7H2. The first-order chi connectivity index (χ1) is 5.86. The van der Waals surface area contributed by atoms with Crippen molar-refractivity contribution in [2.45, 2.75) is 44.6 Å². The van der Waals surface area contributed by atoms with Crippen LogP contribution in [0.4, 0.5) is 0 Å². The van der Waals surface area contributed by atoms with Crippen molar-refractivity contribution in [3.8, 4) is 0 Å². The number of Topliss-reactive ketones (excluding diaryl/α,β-unsaturated/α-hetero) is 1. The lowest BCUT2D eigenvalue weighted by Gasteiger charge is -2.25. The van der Waals surface area contributed by atoms with Crippen molar-refractivity contribution in [3.05, 3.63) is 0 Å². The number of ketones is 1. The first-order valence-corrected chi connectivity index (χ1v) is 5.12. The molecule has 1 saturated carbocycles.